The molecule has 2 rings (SSSR count). The van der Waals surface area contributed by atoms with E-state index in [1.54, 1.807) is 19.3 Å². The van der Waals surface area contributed by atoms with Crippen molar-refractivity contribution >= 4 is 17.3 Å². The lowest BCUT2D eigenvalue weighted by atomic mass is 10.0. The summed E-state index contributed by atoms with van der Waals surface area (Å²) < 4.78 is 1.82. The fourth-order valence-electron chi connectivity index (χ4n) is 2.02. The van der Waals surface area contributed by atoms with Gasteiger partial charge in [0.15, 0.2) is 17.3 Å². The van der Waals surface area contributed by atoms with Gasteiger partial charge in [0.2, 0.25) is 0 Å². The van der Waals surface area contributed by atoms with Gasteiger partial charge in [0, 0.05) is 18.9 Å². The van der Waals surface area contributed by atoms with Gasteiger partial charge in [-0.1, -0.05) is 13.3 Å². The second-order valence-electron chi connectivity index (χ2n) is 4.88. The van der Waals surface area contributed by atoms with Crippen molar-refractivity contribution in [3.63, 3.8) is 0 Å². The lowest BCUT2D eigenvalue weighted by Crippen LogP contribution is -2.33. The third-order valence-electron chi connectivity index (χ3n) is 2.95. The van der Waals surface area contributed by atoms with Gasteiger partial charge in [0.25, 0.3) is 0 Å². The molecule has 7 nitrogen and oxygen atoms in total. The summed E-state index contributed by atoms with van der Waals surface area (Å²) >= 11 is 0. The van der Waals surface area contributed by atoms with E-state index in [0.29, 0.717) is 23.8 Å². The molecule has 0 saturated carbocycles. The van der Waals surface area contributed by atoms with Crippen molar-refractivity contribution in [2.75, 3.05) is 17.3 Å². The zero-order valence-electron chi connectivity index (χ0n) is 11.2. The number of rotatable bonds is 6. The molecule has 0 radical (unpaired) electrons. The molecule has 0 amide bonds. The second-order valence-corrected chi connectivity index (χ2v) is 4.88. The minimum Gasteiger partial charge on any atom is -0.388 e. The maximum atomic E-state index is 10.2. The molecule has 0 aliphatic carbocycles. The van der Waals surface area contributed by atoms with Gasteiger partial charge < -0.3 is 20.2 Å². The van der Waals surface area contributed by atoms with E-state index in [2.05, 4.69) is 20.7 Å². The topological polar surface area (TPSA) is 100 Å². The summed E-state index contributed by atoms with van der Waals surface area (Å²) in [7, 11) is 0. The molecule has 0 saturated heterocycles. The Labute approximate surface area is 111 Å². The van der Waals surface area contributed by atoms with Gasteiger partial charge in [-0.3, -0.25) is 0 Å². The highest BCUT2D eigenvalue weighted by atomic mass is 16.3. The van der Waals surface area contributed by atoms with E-state index in [4.69, 9.17) is 5.84 Å². The third kappa shape index (κ3) is 3.12. The first-order valence-electron chi connectivity index (χ1n) is 6.32. The second kappa shape index (κ2) is 5.41. The lowest BCUT2D eigenvalue weighted by Gasteiger charge is -2.23. The first-order chi connectivity index (χ1) is 9.05. The summed E-state index contributed by atoms with van der Waals surface area (Å²) in [5.41, 5.74) is 2.44. The number of hydrogen-bond donors (Lipinski definition) is 4. The van der Waals surface area contributed by atoms with E-state index < -0.39 is 5.60 Å². The molecule has 0 aliphatic rings. The molecule has 2 aromatic rings. The Kier molecular flexibility index (Phi) is 3.87. The normalized spacial score (nSPS) is 14.3. The lowest BCUT2D eigenvalue weighted by molar-refractivity contribution is 0.0636. The Hall–Kier alpha value is -1.86. The maximum Gasteiger partial charge on any atom is 0.180 e. The summed E-state index contributed by atoms with van der Waals surface area (Å²) in [6.07, 6.45) is 6.89. The van der Waals surface area contributed by atoms with Crippen molar-refractivity contribution in [3.05, 3.63) is 18.6 Å². The fourth-order valence-corrected chi connectivity index (χ4v) is 2.02. The molecular formula is C12H20N6O. The number of anilines is 2. The zero-order chi connectivity index (χ0) is 13.9. The minimum absolute atomic E-state index is 0.407. The Morgan fingerprint density at radius 2 is 2.32 bits per heavy atom. The molecule has 7 heteroatoms. The highest BCUT2D eigenvalue weighted by Crippen LogP contribution is 2.18. The standard InChI is InChI=1S/C12H20N6O/c1-3-4-12(2,19)8-15-10-11-14-5-6-18(11)7-9(16-10)17-13/h5-7,17,19H,3-4,8,13H2,1-2H3,(H,15,16). The number of nitrogens with one attached hydrogen (secondary N) is 2. The van der Waals surface area contributed by atoms with Crippen molar-refractivity contribution < 1.29 is 5.11 Å². The Morgan fingerprint density at radius 3 is 3.00 bits per heavy atom. The van der Waals surface area contributed by atoms with Crippen LogP contribution in [-0.4, -0.2) is 31.6 Å². The van der Waals surface area contributed by atoms with Crippen molar-refractivity contribution in [3.8, 4) is 0 Å². The summed E-state index contributed by atoms with van der Waals surface area (Å²) in [5.74, 6) is 6.51. The molecule has 2 heterocycles. The van der Waals surface area contributed by atoms with E-state index in [9.17, 15) is 5.11 Å². The van der Waals surface area contributed by atoms with E-state index in [-0.39, 0.29) is 0 Å². The summed E-state index contributed by atoms with van der Waals surface area (Å²) in [5, 5.41) is 13.3. The number of hydrazine groups is 1. The molecule has 1 unspecified atom stereocenters. The van der Waals surface area contributed by atoms with Crippen LogP contribution < -0.4 is 16.6 Å². The Balaban J connectivity index is 2.22. The molecule has 2 aromatic heterocycles. The molecule has 0 spiro atoms. The van der Waals surface area contributed by atoms with Gasteiger partial charge in [-0.2, -0.15) is 0 Å². The van der Waals surface area contributed by atoms with Crippen LogP contribution in [0.2, 0.25) is 0 Å². The van der Waals surface area contributed by atoms with Crippen molar-refractivity contribution in [2.24, 2.45) is 5.84 Å². The molecule has 5 N–H and O–H groups in total. The van der Waals surface area contributed by atoms with Gasteiger partial charge in [-0.15, -0.1) is 0 Å². The van der Waals surface area contributed by atoms with Gasteiger partial charge in [-0.05, 0) is 13.3 Å². The average Bonchev–Trinajstić information content (AvgIpc) is 2.83. The predicted octanol–water partition coefficient (Wildman–Crippen LogP) is 0.978. The van der Waals surface area contributed by atoms with E-state index >= 15 is 0 Å². The van der Waals surface area contributed by atoms with Crippen LogP contribution in [0, 0.1) is 0 Å². The summed E-state index contributed by atoms with van der Waals surface area (Å²) in [6.45, 7) is 4.25. The first-order valence-corrected chi connectivity index (χ1v) is 6.32. The maximum absolute atomic E-state index is 10.2. The highest BCUT2D eigenvalue weighted by molar-refractivity contribution is 5.65. The van der Waals surface area contributed by atoms with Crippen LogP contribution in [0.1, 0.15) is 26.7 Å². The quantitative estimate of drug-likeness (QED) is 0.458. The molecule has 0 aliphatic heterocycles. The van der Waals surface area contributed by atoms with Crippen LogP contribution in [0.5, 0.6) is 0 Å². The van der Waals surface area contributed by atoms with E-state index in [1.807, 2.05) is 17.5 Å². The molecule has 104 valence electrons. The molecule has 0 bridgehead atoms. The Bertz CT molecular complexity index is 550. The first kappa shape index (κ1) is 13.6. The van der Waals surface area contributed by atoms with Gasteiger partial charge in [-0.25, -0.2) is 15.8 Å². The SMILES string of the molecule is CCCC(C)(O)CNc1nc(NN)cn2ccnc12. The molecular weight excluding hydrogens is 244 g/mol. The number of imidazole rings is 1. The van der Waals surface area contributed by atoms with Gasteiger partial charge in [0.05, 0.1) is 11.8 Å². The molecule has 0 aromatic carbocycles. The van der Waals surface area contributed by atoms with Crippen molar-refractivity contribution in [1.82, 2.24) is 14.4 Å². The van der Waals surface area contributed by atoms with Crippen LogP contribution in [-0.2, 0) is 0 Å². The monoisotopic (exact) mass is 264 g/mol. The Morgan fingerprint density at radius 1 is 1.53 bits per heavy atom. The number of nitrogen functional groups attached to an aromatic ring is 1. The van der Waals surface area contributed by atoms with Crippen molar-refractivity contribution in [2.45, 2.75) is 32.3 Å². The van der Waals surface area contributed by atoms with Crippen LogP contribution >= 0.6 is 0 Å². The van der Waals surface area contributed by atoms with Crippen LogP contribution in [0.25, 0.3) is 5.65 Å². The molecule has 19 heavy (non-hydrogen) atoms. The number of fused-ring (bicyclic) bond motifs is 1. The minimum atomic E-state index is -0.772. The van der Waals surface area contributed by atoms with Crippen molar-refractivity contribution in [1.29, 1.82) is 0 Å². The van der Waals surface area contributed by atoms with Gasteiger partial charge in [0.1, 0.15) is 0 Å². The van der Waals surface area contributed by atoms with Crippen LogP contribution in [0.3, 0.4) is 0 Å². The van der Waals surface area contributed by atoms with Gasteiger partial charge >= 0.3 is 0 Å². The summed E-state index contributed by atoms with van der Waals surface area (Å²) in [4.78, 5) is 8.54. The summed E-state index contributed by atoms with van der Waals surface area (Å²) in [6, 6.07) is 0. The number of hydrogen-bond acceptors (Lipinski definition) is 6. The average molecular weight is 264 g/mol. The number of aromatic nitrogens is 3. The zero-order valence-corrected chi connectivity index (χ0v) is 11.2. The van der Waals surface area contributed by atoms with E-state index in [0.717, 1.165) is 12.8 Å². The van der Waals surface area contributed by atoms with Crippen LogP contribution in [0.4, 0.5) is 11.6 Å². The molecule has 0 fully saturated rings. The largest absolute Gasteiger partial charge is 0.388 e. The predicted molar refractivity (Wildman–Crippen MR) is 74.8 cm³/mol. The fraction of sp³-hybridized carbons (Fsp3) is 0.500. The van der Waals surface area contributed by atoms with E-state index in [1.165, 1.54) is 0 Å². The number of aliphatic hydroxyl groups is 1. The highest BCUT2D eigenvalue weighted by Gasteiger charge is 2.19. The third-order valence-corrected chi connectivity index (χ3v) is 2.95. The number of nitrogens with zero attached hydrogens (tertiary/aromatic N) is 3. The smallest absolute Gasteiger partial charge is 0.180 e. The van der Waals surface area contributed by atoms with Crippen LogP contribution in [0.15, 0.2) is 18.6 Å². The molecule has 1 atom stereocenters. The number of nitrogens with two attached hydrogens (primary N) is 1.